The Labute approximate surface area is 178 Å². The minimum Gasteiger partial charge on any atom is -0.484 e. The van der Waals surface area contributed by atoms with Crippen molar-refractivity contribution in [2.75, 3.05) is 6.61 Å². The topological polar surface area (TPSA) is 58.6 Å². The van der Waals surface area contributed by atoms with E-state index >= 15 is 0 Å². The van der Waals surface area contributed by atoms with E-state index in [0.29, 0.717) is 23.7 Å². The number of halogens is 1. The summed E-state index contributed by atoms with van der Waals surface area (Å²) in [4.78, 5) is 27.4. The molecule has 156 valence electrons. The van der Waals surface area contributed by atoms with Crippen LogP contribution in [0.25, 0.3) is 0 Å². The molecule has 2 aromatic rings. The smallest absolute Gasteiger partial charge is 0.261 e. The predicted molar refractivity (Wildman–Crippen MR) is 116 cm³/mol. The van der Waals surface area contributed by atoms with E-state index < -0.39 is 6.04 Å². The third-order valence-corrected chi connectivity index (χ3v) is 4.72. The van der Waals surface area contributed by atoms with Crippen LogP contribution in [-0.2, 0) is 16.1 Å². The fourth-order valence-corrected chi connectivity index (χ4v) is 3.08. The molecule has 2 amide bonds. The van der Waals surface area contributed by atoms with E-state index in [9.17, 15) is 9.59 Å². The number of hydrogen-bond donors (Lipinski definition) is 1. The van der Waals surface area contributed by atoms with Gasteiger partial charge in [0.1, 0.15) is 11.8 Å². The van der Waals surface area contributed by atoms with E-state index in [1.807, 2.05) is 52.0 Å². The van der Waals surface area contributed by atoms with Crippen LogP contribution in [0.2, 0.25) is 5.02 Å². The lowest BCUT2D eigenvalue weighted by Crippen LogP contribution is -2.51. The van der Waals surface area contributed by atoms with E-state index in [4.69, 9.17) is 16.3 Å². The van der Waals surface area contributed by atoms with Crippen molar-refractivity contribution in [1.29, 1.82) is 0 Å². The first-order chi connectivity index (χ1) is 13.8. The summed E-state index contributed by atoms with van der Waals surface area (Å²) in [5, 5.41) is 3.51. The standard InChI is InChI=1S/C23H29ClN2O3/c1-5-21(23(28)25-16(2)3)26(14-18-8-6-17(4)7-9-18)22(27)15-29-20-12-10-19(24)11-13-20/h6-13,16,21H,5,14-15H2,1-4H3,(H,25,28)/t21-/m1/s1. The Balaban J connectivity index is 2.18. The summed E-state index contributed by atoms with van der Waals surface area (Å²) in [6, 6.07) is 14.2. The van der Waals surface area contributed by atoms with E-state index in [1.54, 1.807) is 29.2 Å². The van der Waals surface area contributed by atoms with Crippen LogP contribution in [0.4, 0.5) is 0 Å². The number of ether oxygens (including phenoxy) is 1. The van der Waals surface area contributed by atoms with Gasteiger partial charge < -0.3 is 15.0 Å². The maximum absolute atomic E-state index is 13.0. The molecule has 0 aliphatic rings. The van der Waals surface area contributed by atoms with Gasteiger partial charge in [0, 0.05) is 17.6 Å². The van der Waals surface area contributed by atoms with Gasteiger partial charge in [-0.15, -0.1) is 0 Å². The highest BCUT2D eigenvalue weighted by Gasteiger charge is 2.29. The molecule has 2 rings (SSSR count). The van der Waals surface area contributed by atoms with Crippen molar-refractivity contribution in [3.63, 3.8) is 0 Å². The first-order valence-electron chi connectivity index (χ1n) is 9.84. The van der Waals surface area contributed by atoms with E-state index in [1.165, 1.54) is 0 Å². The van der Waals surface area contributed by atoms with Crippen LogP contribution in [0.15, 0.2) is 48.5 Å². The highest BCUT2D eigenvalue weighted by Crippen LogP contribution is 2.17. The largest absolute Gasteiger partial charge is 0.484 e. The van der Waals surface area contributed by atoms with Crippen molar-refractivity contribution in [1.82, 2.24) is 10.2 Å². The molecule has 0 aromatic heterocycles. The minimum absolute atomic E-state index is 0.00167. The molecular formula is C23H29ClN2O3. The summed E-state index contributed by atoms with van der Waals surface area (Å²) in [5.74, 6) is 0.151. The highest BCUT2D eigenvalue weighted by molar-refractivity contribution is 6.30. The van der Waals surface area contributed by atoms with Gasteiger partial charge >= 0.3 is 0 Å². The molecule has 0 aliphatic heterocycles. The first-order valence-corrected chi connectivity index (χ1v) is 10.2. The maximum Gasteiger partial charge on any atom is 0.261 e. The molecule has 5 nitrogen and oxygen atoms in total. The number of amides is 2. The number of rotatable bonds is 9. The Kier molecular flexibility index (Phi) is 8.52. The SMILES string of the molecule is CC[C@H](C(=O)NC(C)C)N(Cc1ccc(C)cc1)C(=O)COc1ccc(Cl)cc1. The molecule has 0 saturated heterocycles. The zero-order chi connectivity index (χ0) is 21.4. The molecule has 0 spiro atoms. The van der Waals surface area contributed by atoms with E-state index in [-0.39, 0.29) is 24.5 Å². The summed E-state index contributed by atoms with van der Waals surface area (Å²) in [6.07, 6.45) is 0.511. The highest BCUT2D eigenvalue weighted by atomic mass is 35.5. The molecule has 0 saturated carbocycles. The zero-order valence-corrected chi connectivity index (χ0v) is 18.2. The molecule has 1 atom stereocenters. The molecule has 0 fully saturated rings. The number of carbonyl (C=O) groups is 2. The third-order valence-electron chi connectivity index (χ3n) is 4.47. The monoisotopic (exact) mass is 416 g/mol. The molecule has 0 radical (unpaired) electrons. The van der Waals surface area contributed by atoms with Crippen LogP contribution < -0.4 is 10.1 Å². The Bertz CT molecular complexity index is 804. The maximum atomic E-state index is 13.0. The first kappa shape index (κ1) is 22.8. The summed E-state index contributed by atoms with van der Waals surface area (Å²) in [6.45, 7) is 7.91. The quantitative estimate of drug-likeness (QED) is 0.660. The second-order valence-corrected chi connectivity index (χ2v) is 7.77. The molecular weight excluding hydrogens is 388 g/mol. The number of carbonyl (C=O) groups excluding carboxylic acids is 2. The second-order valence-electron chi connectivity index (χ2n) is 7.34. The van der Waals surface area contributed by atoms with Crippen LogP contribution in [0, 0.1) is 6.92 Å². The second kappa shape index (κ2) is 10.9. The molecule has 0 unspecified atom stereocenters. The third kappa shape index (κ3) is 7.09. The van der Waals surface area contributed by atoms with Gasteiger partial charge in [-0.2, -0.15) is 0 Å². The fourth-order valence-electron chi connectivity index (χ4n) is 2.95. The molecule has 29 heavy (non-hydrogen) atoms. The number of aryl methyl sites for hydroxylation is 1. The van der Waals surface area contributed by atoms with Crippen molar-refractivity contribution < 1.29 is 14.3 Å². The summed E-state index contributed by atoms with van der Waals surface area (Å²) >= 11 is 5.89. The average Bonchev–Trinajstić information content (AvgIpc) is 2.68. The number of benzene rings is 2. The minimum atomic E-state index is -0.569. The van der Waals surface area contributed by atoms with Gasteiger partial charge in [0.25, 0.3) is 5.91 Å². The lowest BCUT2D eigenvalue weighted by Gasteiger charge is -2.31. The average molecular weight is 417 g/mol. The number of nitrogens with one attached hydrogen (secondary N) is 1. The van der Waals surface area contributed by atoms with Gasteiger partial charge in [0.15, 0.2) is 6.61 Å². The molecule has 0 heterocycles. The van der Waals surface area contributed by atoms with Crippen LogP contribution in [-0.4, -0.2) is 35.4 Å². The lowest BCUT2D eigenvalue weighted by molar-refractivity contribution is -0.143. The Morgan fingerprint density at radius 1 is 1.07 bits per heavy atom. The van der Waals surface area contributed by atoms with Crippen LogP contribution >= 0.6 is 11.6 Å². The summed E-state index contributed by atoms with van der Waals surface area (Å²) < 4.78 is 5.63. The number of nitrogens with zero attached hydrogens (tertiary/aromatic N) is 1. The van der Waals surface area contributed by atoms with Gasteiger partial charge in [-0.05, 0) is 57.0 Å². The van der Waals surface area contributed by atoms with Gasteiger partial charge in [-0.1, -0.05) is 48.4 Å². The van der Waals surface area contributed by atoms with E-state index in [0.717, 1.165) is 11.1 Å². The van der Waals surface area contributed by atoms with Crippen molar-refractivity contribution >= 4 is 23.4 Å². The van der Waals surface area contributed by atoms with Gasteiger partial charge in [-0.3, -0.25) is 9.59 Å². The molecule has 1 N–H and O–H groups in total. The van der Waals surface area contributed by atoms with Gasteiger partial charge in [0.2, 0.25) is 5.91 Å². The molecule has 6 heteroatoms. The molecule has 0 bridgehead atoms. The Hall–Kier alpha value is -2.53. The molecule has 2 aromatic carbocycles. The van der Waals surface area contributed by atoms with Gasteiger partial charge in [0.05, 0.1) is 0 Å². The Morgan fingerprint density at radius 2 is 1.69 bits per heavy atom. The van der Waals surface area contributed by atoms with Crippen LogP contribution in [0.1, 0.15) is 38.3 Å². The predicted octanol–water partition coefficient (Wildman–Crippen LogP) is 4.36. The lowest BCUT2D eigenvalue weighted by atomic mass is 10.1. The van der Waals surface area contributed by atoms with Crippen LogP contribution in [0.5, 0.6) is 5.75 Å². The normalized spacial score (nSPS) is 11.8. The van der Waals surface area contributed by atoms with Crippen LogP contribution in [0.3, 0.4) is 0 Å². The van der Waals surface area contributed by atoms with Crippen molar-refractivity contribution in [3.8, 4) is 5.75 Å². The summed E-state index contributed by atoms with van der Waals surface area (Å²) in [7, 11) is 0. The van der Waals surface area contributed by atoms with Crippen molar-refractivity contribution in [2.24, 2.45) is 0 Å². The van der Waals surface area contributed by atoms with E-state index in [2.05, 4.69) is 5.32 Å². The summed E-state index contributed by atoms with van der Waals surface area (Å²) in [5.41, 5.74) is 2.11. The van der Waals surface area contributed by atoms with Crippen molar-refractivity contribution in [3.05, 3.63) is 64.7 Å². The van der Waals surface area contributed by atoms with Gasteiger partial charge in [-0.25, -0.2) is 0 Å². The Morgan fingerprint density at radius 3 is 2.24 bits per heavy atom. The zero-order valence-electron chi connectivity index (χ0n) is 17.4. The fraction of sp³-hybridized carbons (Fsp3) is 0.391. The van der Waals surface area contributed by atoms with Crippen molar-refractivity contribution in [2.45, 2.75) is 52.7 Å². The molecule has 0 aliphatic carbocycles. The number of hydrogen-bond acceptors (Lipinski definition) is 3.